The van der Waals surface area contributed by atoms with Crippen LogP contribution in [0.2, 0.25) is 0 Å². The summed E-state index contributed by atoms with van der Waals surface area (Å²) in [6, 6.07) is 7.77. The first kappa shape index (κ1) is 20.9. The quantitative estimate of drug-likeness (QED) is 0.434. The second-order valence-corrected chi connectivity index (χ2v) is 7.93. The average molecular weight is 414 g/mol. The van der Waals surface area contributed by atoms with Crippen LogP contribution in [0, 0.1) is 0 Å². The molecule has 0 aliphatic carbocycles. The largest absolute Gasteiger partial charge is 0.378 e. The van der Waals surface area contributed by atoms with Gasteiger partial charge in [-0.3, -0.25) is 4.79 Å². The van der Waals surface area contributed by atoms with Crippen LogP contribution in [0.4, 0.5) is 11.5 Å². The summed E-state index contributed by atoms with van der Waals surface area (Å²) < 4.78 is 1.80. The van der Waals surface area contributed by atoms with Crippen molar-refractivity contribution in [2.24, 2.45) is 0 Å². The zero-order valence-corrected chi connectivity index (χ0v) is 18.2. The third-order valence-corrected chi connectivity index (χ3v) is 4.89. The smallest absolute Gasteiger partial charge is 0.251 e. The molecule has 29 heavy (non-hydrogen) atoms. The van der Waals surface area contributed by atoms with E-state index in [0.717, 1.165) is 22.5 Å². The van der Waals surface area contributed by atoms with E-state index >= 15 is 0 Å². The first-order chi connectivity index (χ1) is 13.9. The lowest BCUT2D eigenvalue weighted by Gasteiger charge is -2.13. The number of hydrogen-bond donors (Lipinski definition) is 2. The van der Waals surface area contributed by atoms with Gasteiger partial charge in [-0.1, -0.05) is 11.8 Å². The van der Waals surface area contributed by atoms with Crippen LogP contribution < -0.4 is 15.5 Å². The lowest BCUT2D eigenvalue weighted by atomic mass is 10.2. The SMILES string of the molecule is CSc1nc(NC(C)C)c2cnn(CCNC(=O)c3ccc(N(C)C)cc3)c2n1. The fourth-order valence-corrected chi connectivity index (χ4v) is 3.22. The number of fused-ring (bicyclic) bond motifs is 1. The van der Waals surface area contributed by atoms with Crippen LogP contribution in [-0.2, 0) is 6.54 Å². The molecule has 3 aromatic rings. The van der Waals surface area contributed by atoms with E-state index in [2.05, 4.69) is 39.5 Å². The minimum Gasteiger partial charge on any atom is -0.378 e. The number of aromatic nitrogens is 4. The number of anilines is 2. The summed E-state index contributed by atoms with van der Waals surface area (Å²) in [5.74, 6) is 0.680. The third kappa shape index (κ3) is 4.97. The van der Waals surface area contributed by atoms with E-state index < -0.39 is 0 Å². The summed E-state index contributed by atoms with van der Waals surface area (Å²) >= 11 is 1.49. The highest BCUT2D eigenvalue weighted by atomic mass is 32.2. The van der Waals surface area contributed by atoms with Gasteiger partial charge < -0.3 is 15.5 Å². The Balaban J connectivity index is 1.69. The molecule has 0 fully saturated rings. The summed E-state index contributed by atoms with van der Waals surface area (Å²) in [4.78, 5) is 23.6. The normalized spacial score (nSPS) is 11.1. The number of thioether (sulfide) groups is 1. The molecule has 0 aliphatic heterocycles. The number of hydrogen-bond acceptors (Lipinski definition) is 7. The molecule has 0 atom stereocenters. The van der Waals surface area contributed by atoms with Crippen molar-refractivity contribution in [2.75, 3.05) is 37.1 Å². The molecule has 0 spiro atoms. The molecule has 2 N–H and O–H groups in total. The zero-order chi connectivity index (χ0) is 21.0. The van der Waals surface area contributed by atoms with Gasteiger partial charge in [0.25, 0.3) is 5.91 Å². The van der Waals surface area contributed by atoms with E-state index in [1.165, 1.54) is 11.8 Å². The molecule has 1 amide bonds. The van der Waals surface area contributed by atoms with E-state index in [-0.39, 0.29) is 11.9 Å². The van der Waals surface area contributed by atoms with E-state index in [9.17, 15) is 4.79 Å². The molecule has 0 bridgehead atoms. The Morgan fingerprint density at radius 3 is 2.55 bits per heavy atom. The van der Waals surface area contributed by atoms with Gasteiger partial charge in [0.1, 0.15) is 5.82 Å². The maximum absolute atomic E-state index is 12.4. The molecule has 8 nitrogen and oxygen atoms in total. The van der Waals surface area contributed by atoms with E-state index in [0.29, 0.717) is 23.8 Å². The number of benzene rings is 1. The number of nitrogens with one attached hydrogen (secondary N) is 2. The standard InChI is InChI=1S/C20H27N7OS/c1-13(2)23-17-16-12-22-27(18(16)25-20(24-17)29-5)11-10-21-19(28)14-6-8-15(9-7-14)26(3)4/h6-9,12-13H,10-11H2,1-5H3,(H,21,28)(H,23,24,25). The Morgan fingerprint density at radius 2 is 1.93 bits per heavy atom. The van der Waals surface area contributed by atoms with E-state index in [1.54, 1.807) is 10.9 Å². The van der Waals surface area contributed by atoms with Gasteiger partial charge in [-0.15, -0.1) is 0 Å². The van der Waals surface area contributed by atoms with Gasteiger partial charge >= 0.3 is 0 Å². The predicted octanol–water partition coefficient (Wildman–Crippen LogP) is 2.86. The number of carbonyl (C=O) groups excluding carboxylic acids is 1. The Bertz CT molecular complexity index is 982. The van der Waals surface area contributed by atoms with E-state index in [4.69, 9.17) is 0 Å². The first-order valence-electron chi connectivity index (χ1n) is 9.48. The van der Waals surface area contributed by atoms with Crippen LogP contribution in [0.3, 0.4) is 0 Å². The molecule has 9 heteroatoms. The van der Waals surface area contributed by atoms with Crippen LogP contribution in [-0.4, -0.2) is 58.6 Å². The molecule has 1 aromatic carbocycles. The van der Waals surface area contributed by atoms with Gasteiger partial charge in [0, 0.05) is 37.9 Å². The van der Waals surface area contributed by atoms with Crippen molar-refractivity contribution in [3.05, 3.63) is 36.0 Å². The number of nitrogens with zero attached hydrogens (tertiary/aromatic N) is 5. The van der Waals surface area contributed by atoms with Crippen LogP contribution in [0.15, 0.2) is 35.6 Å². The summed E-state index contributed by atoms with van der Waals surface area (Å²) in [5, 5.41) is 12.3. The highest BCUT2D eigenvalue weighted by Crippen LogP contribution is 2.23. The monoisotopic (exact) mass is 413 g/mol. The topological polar surface area (TPSA) is 88.0 Å². The Kier molecular flexibility index (Phi) is 6.58. The summed E-state index contributed by atoms with van der Waals surface area (Å²) in [7, 11) is 3.94. The summed E-state index contributed by atoms with van der Waals surface area (Å²) in [5.41, 5.74) is 2.45. The first-order valence-corrected chi connectivity index (χ1v) is 10.7. The molecule has 0 radical (unpaired) electrons. The molecule has 0 saturated carbocycles. The van der Waals surface area contributed by atoms with Crippen molar-refractivity contribution in [3.8, 4) is 0 Å². The van der Waals surface area contributed by atoms with Gasteiger partial charge in [-0.2, -0.15) is 5.10 Å². The number of carbonyl (C=O) groups is 1. The predicted molar refractivity (Wildman–Crippen MR) is 119 cm³/mol. The van der Waals surface area contributed by atoms with Crippen LogP contribution in [0.5, 0.6) is 0 Å². The Morgan fingerprint density at radius 1 is 1.21 bits per heavy atom. The molecule has 3 rings (SSSR count). The second kappa shape index (κ2) is 9.13. The van der Waals surface area contributed by atoms with Crippen LogP contribution >= 0.6 is 11.8 Å². The van der Waals surface area contributed by atoms with Gasteiger partial charge in [-0.25, -0.2) is 14.6 Å². The maximum Gasteiger partial charge on any atom is 0.251 e. The van der Waals surface area contributed by atoms with Crippen LogP contribution in [0.25, 0.3) is 11.0 Å². The number of rotatable bonds is 8. The van der Waals surface area contributed by atoms with Gasteiger partial charge in [0.2, 0.25) is 0 Å². The van der Waals surface area contributed by atoms with Crippen molar-refractivity contribution >= 4 is 40.2 Å². The lowest BCUT2D eigenvalue weighted by molar-refractivity contribution is 0.0952. The van der Waals surface area contributed by atoms with Gasteiger partial charge in [0.05, 0.1) is 18.1 Å². The minimum atomic E-state index is -0.103. The summed E-state index contributed by atoms with van der Waals surface area (Å²) in [6.07, 6.45) is 3.72. The van der Waals surface area contributed by atoms with Crippen molar-refractivity contribution in [2.45, 2.75) is 31.6 Å². The molecule has 0 unspecified atom stereocenters. The Hall–Kier alpha value is -2.81. The van der Waals surface area contributed by atoms with E-state index in [1.807, 2.05) is 49.5 Å². The zero-order valence-electron chi connectivity index (χ0n) is 17.4. The second-order valence-electron chi connectivity index (χ2n) is 7.16. The minimum absolute atomic E-state index is 0.103. The molecule has 0 aliphatic rings. The van der Waals surface area contributed by atoms with Gasteiger partial charge in [-0.05, 0) is 44.4 Å². The molecule has 154 valence electrons. The number of amides is 1. The Labute approximate surface area is 175 Å². The van der Waals surface area contributed by atoms with Crippen molar-refractivity contribution in [3.63, 3.8) is 0 Å². The molecular formula is C20H27N7OS. The highest BCUT2D eigenvalue weighted by molar-refractivity contribution is 7.98. The lowest BCUT2D eigenvalue weighted by Crippen LogP contribution is -2.27. The van der Waals surface area contributed by atoms with Crippen molar-refractivity contribution in [1.82, 2.24) is 25.1 Å². The molecule has 2 aromatic heterocycles. The fraction of sp³-hybridized carbons (Fsp3) is 0.400. The van der Waals surface area contributed by atoms with Crippen molar-refractivity contribution in [1.29, 1.82) is 0 Å². The summed E-state index contributed by atoms with van der Waals surface area (Å²) in [6.45, 7) is 5.11. The molecule has 0 saturated heterocycles. The third-order valence-electron chi connectivity index (χ3n) is 4.34. The maximum atomic E-state index is 12.4. The van der Waals surface area contributed by atoms with Crippen molar-refractivity contribution < 1.29 is 4.79 Å². The fourth-order valence-electron chi connectivity index (χ4n) is 2.86. The average Bonchev–Trinajstić information content (AvgIpc) is 3.10. The van der Waals surface area contributed by atoms with Crippen LogP contribution in [0.1, 0.15) is 24.2 Å². The molecule has 2 heterocycles. The van der Waals surface area contributed by atoms with Gasteiger partial charge in [0.15, 0.2) is 10.8 Å². The molecular weight excluding hydrogens is 386 g/mol. The highest BCUT2D eigenvalue weighted by Gasteiger charge is 2.14.